The number of pyridine rings is 1. The maximum absolute atomic E-state index is 14.1. The number of aromatic nitrogens is 5. The summed E-state index contributed by atoms with van der Waals surface area (Å²) in [4.78, 5) is 57.6. The average Bonchev–Trinajstić information content (AvgIpc) is 2.80. The molecule has 6 aromatic rings. The number of aliphatic hydroxyl groups is 1. The van der Waals surface area contributed by atoms with Gasteiger partial charge in [-0.15, -0.1) is 21.5 Å². The SMILES string of the molecule is CNC(=O)CCC[C@H](NC(=O)[C@@H]1C[C@@H](O)CC1CCC(=O)[C@H](c1cc(OCCN2CCC(OC3CC(Oc4cc(N5C6CCC5CN(c5cc(-c7ccccc7O)nnc5N)C6)ccn4)C3)CC2)no1)C(C)C)c1ccc(-c2scnc2C)cc1. The van der Waals surface area contributed by atoms with Crippen molar-refractivity contribution in [3.8, 4) is 39.2 Å². The number of aromatic hydroxyl groups is 1. The molecular weight excluding hydrogens is 1100 g/mol. The first-order chi connectivity index (χ1) is 41.2. The molecule has 0 spiro atoms. The predicted molar refractivity (Wildman–Crippen MR) is 324 cm³/mol. The minimum Gasteiger partial charge on any atom is -0.507 e. The fourth-order valence-electron chi connectivity index (χ4n) is 13.5. The Morgan fingerprint density at radius 3 is 2.39 bits per heavy atom. The maximum Gasteiger partial charge on any atom is 0.254 e. The summed E-state index contributed by atoms with van der Waals surface area (Å²) in [5.74, 6) is 0.549. The third-order valence-electron chi connectivity index (χ3n) is 18.1. The second-order valence-electron chi connectivity index (χ2n) is 24.2. The second-order valence-corrected chi connectivity index (χ2v) is 25.1. The minimum atomic E-state index is -0.638. The average molecular weight is 1180 g/mol. The molecule has 4 aromatic heterocycles. The summed E-state index contributed by atoms with van der Waals surface area (Å²) < 4.78 is 24.9. The molecule has 7 heterocycles. The smallest absolute Gasteiger partial charge is 0.254 e. The van der Waals surface area contributed by atoms with Crippen molar-refractivity contribution in [3.63, 3.8) is 0 Å². The number of fused-ring (bicyclic) bond motifs is 2. The molecule has 3 unspecified atom stereocenters. The summed E-state index contributed by atoms with van der Waals surface area (Å²) in [5, 5.41) is 40.1. The molecule has 3 aliphatic heterocycles. The first-order valence-electron chi connectivity index (χ1n) is 30.5. The Labute approximate surface area is 501 Å². The van der Waals surface area contributed by atoms with Crippen LogP contribution in [0.3, 0.4) is 0 Å². The number of rotatable bonds is 25. The highest BCUT2D eigenvalue weighted by molar-refractivity contribution is 7.13. The van der Waals surface area contributed by atoms with Crippen molar-refractivity contribution in [1.29, 1.82) is 0 Å². The number of ketones is 1. The summed E-state index contributed by atoms with van der Waals surface area (Å²) in [7, 11) is 1.62. The number of aryl methyl sites for hydroxylation is 1. The van der Waals surface area contributed by atoms with Crippen LogP contribution in [-0.4, -0.2) is 141 Å². The summed E-state index contributed by atoms with van der Waals surface area (Å²) >= 11 is 1.59. The number of hydrogen-bond acceptors (Lipinski definition) is 19. The monoisotopic (exact) mass is 1180 g/mol. The molecule has 2 amide bonds. The Hall–Kier alpha value is -7.20. The molecule has 3 saturated heterocycles. The van der Waals surface area contributed by atoms with Gasteiger partial charge >= 0.3 is 0 Å². The van der Waals surface area contributed by atoms with Crippen molar-refractivity contribution < 1.29 is 43.3 Å². The fraction of sp³-hybridized carbons (Fsp3) is 0.531. The Bertz CT molecular complexity index is 3220. The van der Waals surface area contributed by atoms with Crippen LogP contribution in [0.25, 0.3) is 21.7 Å². The zero-order valence-electron chi connectivity index (χ0n) is 49.2. The molecule has 5 aliphatic rings. The lowest BCUT2D eigenvalue weighted by Crippen LogP contribution is -2.54. The number of phenolic OH excluding ortho intramolecular Hbond substituents is 1. The van der Waals surface area contributed by atoms with E-state index in [1.165, 1.54) is 0 Å². The van der Waals surface area contributed by atoms with Crippen LogP contribution in [0.5, 0.6) is 17.5 Å². The molecule has 11 rings (SSSR count). The van der Waals surface area contributed by atoms with Crippen molar-refractivity contribution in [2.45, 2.75) is 153 Å². The van der Waals surface area contributed by atoms with Gasteiger partial charge in [0.2, 0.25) is 17.7 Å². The number of para-hydroxylation sites is 1. The number of benzene rings is 2. The molecule has 452 valence electrons. The number of hydrogen-bond donors (Lipinski definition) is 5. The number of piperidine rings is 1. The molecule has 2 aromatic carbocycles. The molecular formula is C64H81N11O9S. The number of nitrogens with two attached hydrogens (primary N) is 1. The number of nitrogen functional groups attached to an aromatic ring is 1. The van der Waals surface area contributed by atoms with E-state index in [0.717, 1.165) is 104 Å². The Morgan fingerprint density at radius 1 is 0.882 bits per heavy atom. The number of carbonyl (C=O) groups is 3. The minimum absolute atomic E-state index is 0.00235. The van der Waals surface area contributed by atoms with E-state index in [-0.39, 0.29) is 78.0 Å². The zero-order valence-corrected chi connectivity index (χ0v) is 50.0. The molecule has 85 heavy (non-hydrogen) atoms. The number of nitrogens with one attached hydrogen (secondary N) is 2. The predicted octanol–water partition coefficient (Wildman–Crippen LogP) is 8.82. The Kier molecular flexibility index (Phi) is 18.9. The molecule has 2 saturated carbocycles. The standard InChI is InChI=1S/C64H81N11O9S/c1-38(2)61(56(78)19-16-42-28-46(76)30-51(42)64(80)69-52(9-7-11-58(79)66-4)40-12-14-41(15-13-40)62-39(3)68-37-85-62)57-34-60(72-84-57)81-27-26-73-24-21-47(22-25-73)82-48-31-49(32-48)83-59-29-43(20-23-67-59)75-44-17-18-45(75)36-74(35-44)54-33-53(70-71-63(54)65)50-8-5-6-10-55(50)77/h5-6,8,10,12-15,20,23,29,33-34,37-38,42,44-49,51-52,61,76-77H,7,9,11,16-19,21-22,24-28,30-32,35-36H2,1-4H3,(H2,65,71)(H,66,79)(H,69,80)/t42?,44?,45?,46-,48?,49?,51+,52-,61+/m0/s1. The van der Waals surface area contributed by atoms with Crippen LogP contribution in [0.1, 0.15) is 126 Å². The number of nitrogens with zero attached hydrogens (tertiary/aromatic N) is 8. The number of piperazine rings is 1. The summed E-state index contributed by atoms with van der Waals surface area (Å²) in [5.41, 5.74) is 14.4. The summed E-state index contributed by atoms with van der Waals surface area (Å²) in [6.07, 6.45) is 10.2. The molecule has 21 heteroatoms. The van der Waals surface area contributed by atoms with Crippen molar-refractivity contribution in [2.24, 2.45) is 17.8 Å². The van der Waals surface area contributed by atoms with E-state index >= 15 is 0 Å². The van der Waals surface area contributed by atoms with E-state index in [4.69, 9.17) is 24.5 Å². The molecule has 0 radical (unpaired) electrons. The van der Waals surface area contributed by atoms with E-state index in [2.05, 4.69) is 62.8 Å². The van der Waals surface area contributed by atoms with Gasteiger partial charge in [-0.1, -0.05) is 50.2 Å². The van der Waals surface area contributed by atoms with E-state index < -0.39 is 17.9 Å². The third kappa shape index (κ3) is 14.2. The number of likely N-dealkylation sites (tertiary alicyclic amines) is 1. The largest absolute Gasteiger partial charge is 0.507 e. The highest BCUT2D eigenvalue weighted by atomic mass is 32.1. The van der Waals surface area contributed by atoms with Crippen LogP contribution in [0.4, 0.5) is 17.2 Å². The fourth-order valence-corrected chi connectivity index (χ4v) is 14.3. The van der Waals surface area contributed by atoms with Gasteiger partial charge in [-0.25, -0.2) is 9.97 Å². The van der Waals surface area contributed by atoms with E-state index in [9.17, 15) is 24.6 Å². The number of Topliss-reactive ketones (excluding diaryl/α,β-unsaturated/α-hetero) is 1. The molecule has 20 nitrogen and oxygen atoms in total. The Balaban J connectivity index is 0.594. The Morgan fingerprint density at radius 2 is 1.66 bits per heavy atom. The maximum atomic E-state index is 14.1. The quantitative estimate of drug-likeness (QED) is 0.0359. The first kappa shape index (κ1) is 59.5. The number of thiazole rings is 1. The van der Waals surface area contributed by atoms with Crippen LogP contribution < -0.4 is 35.6 Å². The number of phenols is 1. The van der Waals surface area contributed by atoms with Crippen molar-refractivity contribution in [1.82, 2.24) is 40.9 Å². The van der Waals surface area contributed by atoms with Gasteiger partial charge in [0, 0.05) is 113 Å². The highest BCUT2D eigenvalue weighted by Gasteiger charge is 2.43. The van der Waals surface area contributed by atoms with E-state index in [1.807, 2.05) is 74.9 Å². The van der Waals surface area contributed by atoms with Gasteiger partial charge < -0.3 is 55.1 Å². The van der Waals surface area contributed by atoms with Gasteiger partial charge in [-0.05, 0) is 117 Å². The lowest BCUT2D eigenvalue weighted by Gasteiger charge is -2.43. The molecule has 5 fully saturated rings. The molecule has 2 aliphatic carbocycles. The lowest BCUT2D eigenvalue weighted by molar-refractivity contribution is -0.128. The van der Waals surface area contributed by atoms with Crippen LogP contribution in [-0.2, 0) is 19.1 Å². The van der Waals surface area contributed by atoms with Crippen LogP contribution in [0.2, 0.25) is 0 Å². The van der Waals surface area contributed by atoms with Gasteiger partial charge in [0.1, 0.15) is 24.2 Å². The van der Waals surface area contributed by atoms with Crippen LogP contribution >= 0.6 is 11.3 Å². The normalized spacial score (nSPS) is 23.2. The highest BCUT2D eigenvalue weighted by Crippen LogP contribution is 2.42. The first-order valence-corrected chi connectivity index (χ1v) is 31.4. The number of anilines is 3. The molecule has 7 atom stereocenters. The molecule has 6 N–H and O–H groups in total. The van der Waals surface area contributed by atoms with Crippen LogP contribution in [0, 0.1) is 24.7 Å². The number of aliphatic hydroxyl groups excluding tert-OH is 1. The topological polar surface area (TPSA) is 257 Å². The van der Waals surface area contributed by atoms with Crippen molar-refractivity contribution in [2.75, 3.05) is 61.9 Å². The van der Waals surface area contributed by atoms with Gasteiger partial charge in [0.15, 0.2) is 11.6 Å². The van der Waals surface area contributed by atoms with Gasteiger partial charge in [0.25, 0.3) is 5.88 Å². The van der Waals surface area contributed by atoms with Gasteiger partial charge in [-0.2, -0.15) is 0 Å². The van der Waals surface area contributed by atoms with E-state index in [1.54, 1.807) is 36.6 Å². The number of carbonyl (C=O) groups excluding carboxylic acids is 3. The summed E-state index contributed by atoms with van der Waals surface area (Å²) in [6.45, 7) is 10.5. The van der Waals surface area contributed by atoms with Crippen LogP contribution in [0.15, 0.2) is 89.0 Å². The van der Waals surface area contributed by atoms with E-state index in [0.29, 0.717) is 79.7 Å². The lowest BCUT2D eigenvalue weighted by atomic mass is 9.83. The number of ether oxygens (including phenoxy) is 3. The molecule has 2 bridgehead atoms. The number of amides is 2. The van der Waals surface area contributed by atoms with Crippen molar-refractivity contribution in [3.05, 3.63) is 102 Å². The van der Waals surface area contributed by atoms with Gasteiger partial charge in [-0.3, -0.25) is 19.3 Å². The summed E-state index contributed by atoms with van der Waals surface area (Å²) in [6, 6.07) is 23.3. The van der Waals surface area contributed by atoms with Crippen molar-refractivity contribution >= 4 is 46.1 Å². The second kappa shape index (κ2) is 27.0. The third-order valence-corrected chi connectivity index (χ3v) is 19.1. The van der Waals surface area contributed by atoms with Gasteiger partial charge in [0.05, 0.1) is 57.7 Å². The zero-order chi connectivity index (χ0) is 59.1.